The van der Waals surface area contributed by atoms with Crippen LogP contribution in [0.2, 0.25) is 0 Å². The number of urea groups is 1. The molecule has 0 unspecified atom stereocenters. The predicted molar refractivity (Wildman–Crippen MR) is 105 cm³/mol. The Morgan fingerprint density at radius 3 is 2.50 bits per heavy atom. The van der Waals surface area contributed by atoms with Crippen LogP contribution in [0.15, 0.2) is 42.5 Å². The van der Waals surface area contributed by atoms with Crippen LogP contribution in [-0.2, 0) is 4.74 Å². The highest BCUT2D eigenvalue weighted by molar-refractivity contribution is 5.89. The molecule has 0 aliphatic carbocycles. The van der Waals surface area contributed by atoms with Crippen LogP contribution in [0.1, 0.15) is 12.8 Å². The molecule has 2 amide bonds. The molecule has 150 valence electrons. The number of unbranched alkanes of at least 4 members (excludes halogenated alkanes) is 1. The SMILES string of the molecule is O=C(NCCCCN1CCOCC1)Nc1ccc(-c2ccc(F)cc2F)cc1. The fourth-order valence-corrected chi connectivity index (χ4v) is 3.12. The highest BCUT2D eigenvalue weighted by atomic mass is 19.1. The van der Waals surface area contributed by atoms with Gasteiger partial charge in [0, 0.05) is 37.0 Å². The van der Waals surface area contributed by atoms with Crippen molar-refractivity contribution in [1.29, 1.82) is 0 Å². The smallest absolute Gasteiger partial charge is 0.319 e. The fraction of sp³-hybridized carbons (Fsp3) is 0.381. The first-order chi connectivity index (χ1) is 13.6. The number of halogens is 2. The van der Waals surface area contributed by atoms with Crippen molar-refractivity contribution in [3.8, 4) is 11.1 Å². The second kappa shape index (κ2) is 10.1. The van der Waals surface area contributed by atoms with Gasteiger partial charge in [-0.2, -0.15) is 0 Å². The van der Waals surface area contributed by atoms with Crippen molar-refractivity contribution in [2.75, 3.05) is 44.7 Å². The number of ether oxygens (including phenoxy) is 1. The lowest BCUT2D eigenvalue weighted by Gasteiger charge is -2.26. The third kappa shape index (κ3) is 6.00. The summed E-state index contributed by atoms with van der Waals surface area (Å²) in [6, 6.07) is 9.96. The zero-order valence-electron chi connectivity index (χ0n) is 15.7. The molecule has 1 heterocycles. The maximum Gasteiger partial charge on any atom is 0.319 e. The molecule has 0 bridgehead atoms. The number of rotatable bonds is 7. The number of nitrogens with one attached hydrogen (secondary N) is 2. The Kier molecular flexibility index (Phi) is 7.33. The molecule has 0 saturated carbocycles. The molecule has 0 aromatic heterocycles. The van der Waals surface area contributed by atoms with E-state index in [0.717, 1.165) is 51.8 Å². The van der Waals surface area contributed by atoms with E-state index < -0.39 is 11.6 Å². The largest absolute Gasteiger partial charge is 0.379 e. The molecule has 1 aliphatic heterocycles. The summed E-state index contributed by atoms with van der Waals surface area (Å²) in [6.07, 6.45) is 1.94. The van der Waals surface area contributed by atoms with E-state index >= 15 is 0 Å². The van der Waals surface area contributed by atoms with Gasteiger partial charge in [0.2, 0.25) is 0 Å². The normalized spacial score (nSPS) is 14.6. The van der Waals surface area contributed by atoms with Gasteiger partial charge in [-0.1, -0.05) is 12.1 Å². The number of nitrogens with zero attached hydrogens (tertiary/aromatic N) is 1. The van der Waals surface area contributed by atoms with Gasteiger partial charge >= 0.3 is 6.03 Å². The zero-order valence-corrected chi connectivity index (χ0v) is 15.7. The lowest BCUT2D eigenvalue weighted by atomic mass is 10.0. The number of benzene rings is 2. The molecule has 0 spiro atoms. The minimum atomic E-state index is -0.615. The summed E-state index contributed by atoms with van der Waals surface area (Å²) in [7, 11) is 0. The van der Waals surface area contributed by atoms with Crippen molar-refractivity contribution in [1.82, 2.24) is 10.2 Å². The summed E-state index contributed by atoms with van der Waals surface area (Å²) in [5, 5.41) is 5.59. The van der Waals surface area contributed by atoms with Crippen LogP contribution >= 0.6 is 0 Å². The van der Waals surface area contributed by atoms with Gasteiger partial charge in [0.25, 0.3) is 0 Å². The van der Waals surface area contributed by atoms with Gasteiger partial charge in [-0.3, -0.25) is 4.90 Å². The van der Waals surface area contributed by atoms with Gasteiger partial charge in [-0.05, 0) is 49.2 Å². The van der Waals surface area contributed by atoms with E-state index in [-0.39, 0.29) is 6.03 Å². The molecule has 28 heavy (non-hydrogen) atoms. The minimum Gasteiger partial charge on any atom is -0.379 e. The van der Waals surface area contributed by atoms with Gasteiger partial charge in [0.15, 0.2) is 0 Å². The molecule has 0 atom stereocenters. The molecule has 2 N–H and O–H groups in total. The van der Waals surface area contributed by atoms with Crippen LogP contribution in [0.3, 0.4) is 0 Å². The number of carbonyl (C=O) groups excluding carboxylic acids is 1. The molecule has 3 rings (SSSR count). The van der Waals surface area contributed by atoms with Crippen molar-refractivity contribution in [2.24, 2.45) is 0 Å². The molecule has 5 nitrogen and oxygen atoms in total. The zero-order chi connectivity index (χ0) is 19.8. The van der Waals surface area contributed by atoms with Crippen molar-refractivity contribution in [3.05, 3.63) is 54.1 Å². The predicted octanol–water partition coefficient (Wildman–Crippen LogP) is 3.87. The Morgan fingerprint density at radius 1 is 1.04 bits per heavy atom. The lowest BCUT2D eigenvalue weighted by molar-refractivity contribution is 0.0372. The summed E-state index contributed by atoms with van der Waals surface area (Å²) in [5.74, 6) is -1.23. The first kappa shape index (κ1) is 20.2. The Bertz CT molecular complexity index is 778. The number of morpholine rings is 1. The van der Waals surface area contributed by atoms with E-state index in [9.17, 15) is 13.6 Å². The van der Waals surface area contributed by atoms with Crippen LogP contribution in [0.5, 0.6) is 0 Å². The number of carbonyl (C=O) groups is 1. The average Bonchev–Trinajstić information content (AvgIpc) is 2.69. The Labute approximate surface area is 163 Å². The third-order valence-electron chi connectivity index (χ3n) is 4.68. The third-order valence-corrected chi connectivity index (χ3v) is 4.68. The molecule has 1 saturated heterocycles. The summed E-state index contributed by atoms with van der Waals surface area (Å²) in [6.45, 7) is 5.18. The maximum absolute atomic E-state index is 13.8. The molecule has 1 fully saturated rings. The van der Waals surface area contributed by atoms with E-state index in [4.69, 9.17) is 4.74 Å². The standard InChI is InChI=1S/C21H25F2N3O2/c22-17-5-8-19(20(23)15-17)16-3-6-18(7-4-16)25-21(27)24-9-1-2-10-26-11-13-28-14-12-26/h3-8,15H,1-2,9-14H2,(H2,24,25,27). The van der Waals surface area contributed by atoms with Crippen molar-refractivity contribution in [3.63, 3.8) is 0 Å². The van der Waals surface area contributed by atoms with Crippen LogP contribution in [-0.4, -0.2) is 50.3 Å². The van der Waals surface area contributed by atoms with Crippen molar-refractivity contribution >= 4 is 11.7 Å². The molecule has 1 aliphatic rings. The Hall–Kier alpha value is -2.51. The van der Waals surface area contributed by atoms with Crippen molar-refractivity contribution < 1.29 is 18.3 Å². The van der Waals surface area contributed by atoms with E-state index in [2.05, 4.69) is 15.5 Å². The van der Waals surface area contributed by atoms with Crippen LogP contribution in [0.4, 0.5) is 19.3 Å². The molecule has 0 radical (unpaired) electrons. The maximum atomic E-state index is 13.8. The monoisotopic (exact) mass is 389 g/mol. The summed E-state index contributed by atoms with van der Waals surface area (Å²) >= 11 is 0. The highest BCUT2D eigenvalue weighted by Gasteiger charge is 2.10. The topological polar surface area (TPSA) is 53.6 Å². The van der Waals surface area contributed by atoms with Crippen LogP contribution in [0, 0.1) is 11.6 Å². The lowest BCUT2D eigenvalue weighted by Crippen LogP contribution is -2.37. The molecule has 2 aromatic carbocycles. The second-order valence-electron chi connectivity index (χ2n) is 6.74. The average molecular weight is 389 g/mol. The van der Waals surface area contributed by atoms with Gasteiger partial charge < -0.3 is 15.4 Å². The minimum absolute atomic E-state index is 0.271. The van der Waals surface area contributed by atoms with E-state index in [1.807, 2.05) is 0 Å². The van der Waals surface area contributed by atoms with Crippen LogP contribution < -0.4 is 10.6 Å². The number of hydrogen-bond donors (Lipinski definition) is 2. The number of anilines is 1. The van der Waals surface area contributed by atoms with Crippen molar-refractivity contribution in [2.45, 2.75) is 12.8 Å². The molecular weight excluding hydrogens is 364 g/mol. The number of hydrogen-bond acceptors (Lipinski definition) is 3. The molecular formula is C21H25F2N3O2. The Balaban J connectivity index is 1.39. The van der Waals surface area contributed by atoms with Gasteiger partial charge in [-0.25, -0.2) is 13.6 Å². The van der Waals surface area contributed by atoms with E-state index in [0.29, 0.717) is 23.4 Å². The second-order valence-corrected chi connectivity index (χ2v) is 6.74. The van der Waals surface area contributed by atoms with Gasteiger partial charge in [-0.15, -0.1) is 0 Å². The van der Waals surface area contributed by atoms with E-state index in [1.165, 1.54) is 12.1 Å². The van der Waals surface area contributed by atoms with E-state index in [1.54, 1.807) is 24.3 Å². The Morgan fingerprint density at radius 2 is 1.79 bits per heavy atom. The summed E-state index contributed by atoms with van der Waals surface area (Å²) in [5.41, 5.74) is 1.54. The number of amides is 2. The fourth-order valence-electron chi connectivity index (χ4n) is 3.12. The van der Waals surface area contributed by atoms with Crippen LogP contribution in [0.25, 0.3) is 11.1 Å². The molecule has 7 heteroatoms. The summed E-state index contributed by atoms with van der Waals surface area (Å²) in [4.78, 5) is 14.3. The first-order valence-electron chi connectivity index (χ1n) is 9.52. The van der Waals surface area contributed by atoms with Gasteiger partial charge in [0.1, 0.15) is 11.6 Å². The first-order valence-corrected chi connectivity index (χ1v) is 9.52. The van der Waals surface area contributed by atoms with Gasteiger partial charge in [0.05, 0.1) is 13.2 Å². The summed E-state index contributed by atoms with van der Waals surface area (Å²) < 4.78 is 32.2. The molecule has 2 aromatic rings. The quantitative estimate of drug-likeness (QED) is 0.707. The highest BCUT2D eigenvalue weighted by Crippen LogP contribution is 2.24.